The number of rotatable bonds is 4. The van der Waals surface area contributed by atoms with E-state index in [1.54, 1.807) is 0 Å². The van der Waals surface area contributed by atoms with Crippen LogP contribution < -0.4 is 0 Å². The summed E-state index contributed by atoms with van der Waals surface area (Å²) in [6.45, 7) is 18.2. The van der Waals surface area contributed by atoms with Crippen molar-refractivity contribution in [2.45, 2.75) is 33.1 Å². The second-order valence-corrected chi connectivity index (χ2v) is 13.4. The molecule has 0 saturated carbocycles. The molecule has 110 valence electrons. The van der Waals surface area contributed by atoms with Crippen LogP contribution in [0.4, 0.5) is 0 Å². The van der Waals surface area contributed by atoms with Crippen LogP contribution >= 0.6 is 0 Å². The van der Waals surface area contributed by atoms with E-state index in [-0.39, 0.29) is 21.1 Å². The van der Waals surface area contributed by atoms with Crippen LogP contribution in [0.3, 0.4) is 0 Å². The molecule has 0 N–H and O–H groups in total. The number of aryl methyl sites for hydroxylation is 1. The Bertz CT molecular complexity index is 357. The van der Waals surface area contributed by atoms with Gasteiger partial charge in [-0.1, -0.05) is 47.3 Å². The molecule has 0 aliphatic carbocycles. The monoisotopic (exact) mass is 473 g/mol. The van der Waals surface area contributed by atoms with E-state index in [4.69, 9.17) is 4.12 Å². The molecule has 0 aliphatic heterocycles. The van der Waals surface area contributed by atoms with Crippen molar-refractivity contribution in [2.75, 3.05) is 0 Å². The van der Waals surface area contributed by atoms with E-state index in [9.17, 15) is 0 Å². The van der Waals surface area contributed by atoms with E-state index >= 15 is 0 Å². The number of hydrogen-bond acceptors (Lipinski definition) is 1. The second-order valence-electron chi connectivity index (χ2n) is 5.37. The summed E-state index contributed by atoms with van der Waals surface area (Å²) in [4.78, 5) is 0. The number of benzene rings is 1. The normalized spacial score (nSPS) is 10.6. The van der Waals surface area contributed by atoms with Crippen LogP contribution in [0.15, 0.2) is 54.9 Å². The van der Waals surface area contributed by atoms with Crippen molar-refractivity contribution in [2.24, 2.45) is 0 Å². The van der Waals surface area contributed by atoms with Crippen molar-refractivity contribution in [3.63, 3.8) is 0 Å². The predicted molar refractivity (Wildman–Crippen MR) is 87.6 cm³/mol. The molecule has 1 rings (SSSR count). The van der Waals surface area contributed by atoms with E-state index in [0.717, 1.165) is 0 Å². The maximum atomic E-state index is 5.97. The molecule has 0 radical (unpaired) electrons. The van der Waals surface area contributed by atoms with Crippen molar-refractivity contribution >= 4 is 16.6 Å². The molecule has 0 heterocycles. The predicted octanol–water partition coefficient (Wildman–Crippen LogP) is 4.86. The molecule has 1 aromatic rings. The molecule has 0 spiro atoms. The van der Waals surface area contributed by atoms with Crippen molar-refractivity contribution in [3.8, 4) is 0 Å². The van der Waals surface area contributed by atoms with Crippen molar-refractivity contribution in [1.29, 1.82) is 0 Å². The summed E-state index contributed by atoms with van der Waals surface area (Å²) in [5.41, 5.74) is 5.25. The number of hydrogen-bond donors (Lipinski definition) is 0. The first kappa shape index (κ1) is 21.1. The SMILES string of the molecule is C=C[Si](C)(C)O[Si](C)(C)C=C.Cc1ccccc1.[Pt]. The van der Waals surface area contributed by atoms with E-state index in [0.29, 0.717) is 0 Å². The maximum Gasteiger partial charge on any atom is 0.198 e. The van der Waals surface area contributed by atoms with Gasteiger partial charge in [-0.3, -0.25) is 0 Å². The van der Waals surface area contributed by atoms with Crippen LogP contribution in [-0.2, 0) is 25.2 Å². The van der Waals surface area contributed by atoms with E-state index in [1.807, 2.05) is 29.6 Å². The van der Waals surface area contributed by atoms with Gasteiger partial charge >= 0.3 is 0 Å². The Kier molecular flexibility index (Phi) is 10.7. The topological polar surface area (TPSA) is 9.23 Å². The Morgan fingerprint density at radius 1 is 0.895 bits per heavy atom. The fourth-order valence-corrected chi connectivity index (χ4v) is 7.39. The molecule has 0 unspecified atom stereocenters. The standard InChI is InChI=1S/C8H18OSi2.C7H8.Pt/c1-7-10(3,4)9-11(5,6)8-2;1-7-5-3-2-4-6-7;/h7-8H,1-2H2,3-6H3;2-6H,1H3;. The Hall–Kier alpha value is -0.218. The van der Waals surface area contributed by atoms with Crippen LogP contribution in [0.25, 0.3) is 0 Å². The maximum absolute atomic E-state index is 5.97. The third-order valence-electron chi connectivity index (χ3n) is 2.45. The van der Waals surface area contributed by atoms with Crippen molar-refractivity contribution in [1.82, 2.24) is 0 Å². The van der Waals surface area contributed by atoms with Gasteiger partial charge in [-0.05, 0) is 33.1 Å². The molecule has 1 aromatic carbocycles. The third-order valence-corrected chi connectivity index (χ3v) is 8.62. The van der Waals surface area contributed by atoms with Crippen molar-refractivity contribution < 1.29 is 25.2 Å². The van der Waals surface area contributed by atoms with E-state index in [1.165, 1.54) is 5.56 Å². The summed E-state index contributed by atoms with van der Waals surface area (Å²) in [7, 11) is -3.16. The van der Waals surface area contributed by atoms with Gasteiger partial charge in [-0.15, -0.1) is 13.2 Å². The van der Waals surface area contributed by atoms with Crippen molar-refractivity contribution in [3.05, 3.63) is 60.5 Å². The van der Waals surface area contributed by atoms with Gasteiger partial charge in [0.1, 0.15) is 0 Å². The Morgan fingerprint density at radius 2 is 1.26 bits per heavy atom. The third kappa shape index (κ3) is 11.3. The minimum absolute atomic E-state index is 0. The first-order valence-corrected chi connectivity index (χ1v) is 12.2. The summed E-state index contributed by atoms with van der Waals surface area (Å²) in [6, 6.07) is 10.3. The van der Waals surface area contributed by atoms with Crippen LogP contribution in [-0.4, -0.2) is 16.6 Å². The fraction of sp³-hybridized carbons (Fsp3) is 0.333. The smallest absolute Gasteiger partial charge is 0.198 e. The zero-order valence-corrected chi connectivity index (χ0v) is 17.0. The van der Waals surface area contributed by atoms with Gasteiger partial charge in [0.25, 0.3) is 0 Å². The minimum atomic E-state index is -1.58. The van der Waals surface area contributed by atoms with Crippen LogP contribution in [0.1, 0.15) is 5.56 Å². The molecule has 0 atom stereocenters. The van der Waals surface area contributed by atoms with Crippen LogP contribution in [0, 0.1) is 6.92 Å². The molecule has 4 heteroatoms. The molecule has 0 fully saturated rings. The minimum Gasteiger partial charge on any atom is -0.449 e. The van der Waals surface area contributed by atoms with E-state index < -0.39 is 16.6 Å². The van der Waals surface area contributed by atoms with Gasteiger partial charge in [0.05, 0.1) is 0 Å². The van der Waals surface area contributed by atoms with E-state index in [2.05, 4.69) is 58.4 Å². The molecule has 0 amide bonds. The summed E-state index contributed by atoms with van der Waals surface area (Å²) in [5, 5.41) is 0. The molecule has 0 aromatic heterocycles. The Morgan fingerprint density at radius 3 is 1.47 bits per heavy atom. The summed E-state index contributed by atoms with van der Waals surface area (Å²) in [5.74, 6) is 0. The first-order valence-electron chi connectivity index (χ1n) is 6.21. The molecular formula is C15H26OPtSi2. The van der Waals surface area contributed by atoms with Crippen LogP contribution in [0.5, 0.6) is 0 Å². The Labute approximate surface area is 135 Å². The summed E-state index contributed by atoms with van der Waals surface area (Å²) >= 11 is 0. The zero-order chi connectivity index (χ0) is 14.2. The molecule has 1 nitrogen and oxygen atoms in total. The molecular weight excluding hydrogens is 447 g/mol. The first-order chi connectivity index (χ1) is 8.22. The Balaban J connectivity index is 0. The average molecular weight is 474 g/mol. The molecule has 0 bridgehead atoms. The van der Waals surface area contributed by atoms with Gasteiger partial charge in [0, 0.05) is 21.1 Å². The van der Waals surface area contributed by atoms with Crippen LogP contribution in [0.2, 0.25) is 26.2 Å². The van der Waals surface area contributed by atoms with Gasteiger partial charge in [-0.25, -0.2) is 0 Å². The molecule has 0 saturated heterocycles. The molecule has 0 aliphatic rings. The summed E-state index contributed by atoms with van der Waals surface area (Å²) in [6.07, 6.45) is 0. The van der Waals surface area contributed by atoms with Gasteiger partial charge in [0.2, 0.25) is 0 Å². The quantitative estimate of drug-likeness (QED) is 0.568. The largest absolute Gasteiger partial charge is 0.449 e. The second kappa shape index (κ2) is 9.65. The van der Waals surface area contributed by atoms with Gasteiger partial charge in [0.15, 0.2) is 16.6 Å². The van der Waals surface area contributed by atoms with Gasteiger partial charge in [-0.2, -0.15) is 0 Å². The van der Waals surface area contributed by atoms with Gasteiger partial charge < -0.3 is 4.12 Å². The average Bonchev–Trinajstić information content (AvgIpc) is 2.30. The molecule has 19 heavy (non-hydrogen) atoms. The fourth-order valence-electron chi connectivity index (χ4n) is 1.30. The zero-order valence-electron chi connectivity index (χ0n) is 12.7. The summed E-state index contributed by atoms with van der Waals surface area (Å²) < 4.78 is 5.97.